The number of rotatable bonds is 6. The number of hydrogen-bond donors (Lipinski definition) is 2. The number of carbonyl (C=O) groups excluding carboxylic acids is 1. The number of carbonyl (C=O) groups is 1. The molecule has 1 rings (SSSR count). The van der Waals surface area contributed by atoms with Crippen LogP contribution in [0.1, 0.15) is 39.0 Å². The van der Waals surface area contributed by atoms with E-state index in [0.29, 0.717) is 6.42 Å². The molecule has 1 saturated carbocycles. The third kappa shape index (κ3) is 4.88. The zero-order valence-electron chi connectivity index (χ0n) is 8.38. The molecule has 0 aromatic rings. The molecule has 0 aromatic heterocycles. The molecule has 1 amide bonds. The van der Waals surface area contributed by atoms with Crippen LogP contribution in [0.5, 0.6) is 0 Å². The van der Waals surface area contributed by atoms with E-state index in [0.717, 1.165) is 25.3 Å². The highest BCUT2D eigenvalue weighted by Crippen LogP contribution is 2.31. The van der Waals surface area contributed by atoms with Crippen molar-refractivity contribution in [3.63, 3.8) is 0 Å². The van der Waals surface area contributed by atoms with Crippen LogP contribution in [0, 0.1) is 5.92 Å². The predicted octanol–water partition coefficient (Wildman–Crippen LogP) is 1.03. The van der Waals surface area contributed by atoms with E-state index in [1.54, 1.807) is 0 Å². The van der Waals surface area contributed by atoms with Crippen molar-refractivity contribution in [1.29, 1.82) is 0 Å². The Morgan fingerprint density at radius 2 is 2.31 bits per heavy atom. The second-order valence-corrected chi connectivity index (χ2v) is 3.95. The maximum Gasteiger partial charge on any atom is 0.221 e. The molecule has 3 heteroatoms. The summed E-state index contributed by atoms with van der Waals surface area (Å²) in [5, 5.41) is 2.90. The molecule has 13 heavy (non-hydrogen) atoms. The minimum atomic E-state index is 0.0286. The Morgan fingerprint density at radius 3 is 2.85 bits per heavy atom. The standard InChI is InChI=1S/C10H20N2O/c1-2-9(11)7-10(13)12-6-5-8-3-4-8/h8-9H,2-7,11H2,1H3,(H,12,13). The SMILES string of the molecule is CCC(N)CC(=O)NCCC1CC1. The summed E-state index contributed by atoms with van der Waals surface area (Å²) in [7, 11) is 0. The molecule has 0 saturated heterocycles. The van der Waals surface area contributed by atoms with Crippen LogP contribution in [0.4, 0.5) is 0 Å². The van der Waals surface area contributed by atoms with Crippen molar-refractivity contribution >= 4 is 5.91 Å². The molecule has 1 unspecified atom stereocenters. The van der Waals surface area contributed by atoms with Crippen molar-refractivity contribution in [2.75, 3.05) is 6.54 Å². The fourth-order valence-electron chi connectivity index (χ4n) is 1.28. The summed E-state index contributed by atoms with van der Waals surface area (Å²) < 4.78 is 0. The van der Waals surface area contributed by atoms with E-state index in [1.165, 1.54) is 12.8 Å². The molecule has 0 bridgehead atoms. The molecule has 1 atom stereocenters. The highest BCUT2D eigenvalue weighted by Gasteiger charge is 2.20. The Hall–Kier alpha value is -0.570. The maximum atomic E-state index is 11.2. The third-order valence-corrected chi connectivity index (χ3v) is 2.54. The van der Waals surface area contributed by atoms with Gasteiger partial charge in [-0.2, -0.15) is 0 Å². The van der Waals surface area contributed by atoms with Gasteiger partial charge in [0.05, 0.1) is 0 Å². The summed E-state index contributed by atoms with van der Waals surface area (Å²) in [6, 6.07) is 0.0286. The zero-order chi connectivity index (χ0) is 9.68. The second-order valence-electron chi connectivity index (χ2n) is 3.95. The Labute approximate surface area is 80.1 Å². The summed E-state index contributed by atoms with van der Waals surface area (Å²) in [5.74, 6) is 0.996. The fourth-order valence-corrected chi connectivity index (χ4v) is 1.28. The topological polar surface area (TPSA) is 55.1 Å². The van der Waals surface area contributed by atoms with Gasteiger partial charge in [-0.1, -0.05) is 19.8 Å². The van der Waals surface area contributed by atoms with E-state index in [9.17, 15) is 4.79 Å². The van der Waals surface area contributed by atoms with Crippen molar-refractivity contribution < 1.29 is 4.79 Å². The van der Waals surface area contributed by atoms with Gasteiger partial charge >= 0.3 is 0 Å². The van der Waals surface area contributed by atoms with Gasteiger partial charge in [-0.15, -0.1) is 0 Å². The molecule has 0 spiro atoms. The molecule has 76 valence electrons. The van der Waals surface area contributed by atoms with Crippen molar-refractivity contribution in [1.82, 2.24) is 5.32 Å². The zero-order valence-corrected chi connectivity index (χ0v) is 8.38. The van der Waals surface area contributed by atoms with Crippen LogP contribution < -0.4 is 11.1 Å². The number of nitrogens with two attached hydrogens (primary N) is 1. The molecule has 1 aliphatic rings. The third-order valence-electron chi connectivity index (χ3n) is 2.54. The summed E-state index contributed by atoms with van der Waals surface area (Å²) in [5.41, 5.74) is 5.66. The van der Waals surface area contributed by atoms with Crippen LogP contribution in [0.25, 0.3) is 0 Å². The highest BCUT2D eigenvalue weighted by atomic mass is 16.1. The van der Waals surface area contributed by atoms with E-state index in [-0.39, 0.29) is 11.9 Å². The monoisotopic (exact) mass is 184 g/mol. The summed E-state index contributed by atoms with van der Waals surface area (Å²) in [6.45, 7) is 2.84. The molecule has 1 aliphatic carbocycles. The minimum Gasteiger partial charge on any atom is -0.356 e. The van der Waals surface area contributed by atoms with E-state index in [1.807, 2.05) is 6.92 Å². The van der Waals surface area contributed by atoms with Gasteiger partial charge in [0, 0.05) is 19.0 Å². The first-order chi connectivity index (χ1) is 6.22. The van der Waals surface area contributed by atoms with Crippen LogP contribution in [0.3, 0.4) is 0 Å². The summed E-state index contributed by atoms with van der Waals surface area (Å²) >= 11 is 0. The maximum absolute atomic E-state index is 11.2. The normalized spacial score (nSPS) is 18.3. The van der Waals surface area contributed by atoms with Crippen LogP contribution in [-0.2, 0) is 4.79 Å². The van der Waals surface area contributed by atoms with Crippen LogP contribution in [0.2, 0.25) is 0 Å². The lowest BCUT2D eigenvalue weighted by Gasteiger charge is -2.08. The van der Waals surface area contributed by atoms with Gasteiger partial charge in [0.2, 0.25) is 5.91 Å². The molecule has 3 N–H and O–H groups in total. The molecule has 0 radical (unpaired) electrons. The fraction of sp³-hybridized carbons (Fsp3) is 0.900. The van der Waals surface area contributed by atoms with Gasteiger partial charge in [0.25, 0.3) is 0 Å². The Bertz CT molecular complexity index is 166. The van der Waals surface area contributed by atoms with Gasteiger partial charge in [-0.05, 0) is 18.8 Å². The first-order valence-electron chi connectivity index (χ1n) is 5.24. The molecular formula is C10H20N2O. The first-order valence-corrected chi connectivity index (χ1v) is 5.24. The minimum absolute atomic E-state index is 0.0286. The van der Waals surface area contributed by atoms with E-state index in [2.05, 4.69) is 5.32 Å². The molecule has 0 aromatic carbocycles. The number of hydrogen-bond acceptors (Lipinski definition) is 2. The van der Waals surface area contributed by atoms with E-state index >= 15 is 0 Å². The Balaban J connectivity index is 1.96. The molecule has 1 fully saturated rings. The van der Waals surface area contributed by atoms with Gasteiger partial charge < -0.3 is 11.1 Å². The van der Waals surface area contributed by atoms with Crippen molar-refractivity contribution in [3.8, 4) is 0 Å². The molecule has 0 heterocycles. The highest BCUT2D eigenvalue weighted by molar-refractivity contribution is 5.76. The van der Waals surface area contributed by atoms with Crippen molar-refractivity contribution in [2.24, 2.45) is 11.7 Å². The lowest BCUT2D eigenvalue weighted by Crippen LogP contribution is -2.31. The molecule has 3 nitrogen and oxygen atoms in total. The van der Waals surface area contributed by atoms with E-state index < -0.39 is 0 Å². The average molecular weight is 184 g/mol. The molecular weight excluding hydrogens is 164 g/mol. The van der Waals surface area contributed by atoms with Crippen LogP contribution in [0.15, 0.2) is 0 Å². The van der Waals surface area contributed by atoms with Gasteiger partial charge in [0.1, 0.15) is 0 Å². The number of amides is 1. The van der Waals surface area contributed by atoms with Gasteiger partial charge in [-0.25, -0.2) is 0 Å². The largest absolute Gasteiger partial charge is 0.356 e. The first kappa shape index (κ1) is 10.5. The van der Waals surface area contributed by atoms with Gasteiger partial charge in [-0.3, -0.25) is 4.79 Å². The summed E-state index contributed by atoms with van der Waals surface area (Å²) in [4.78, 5) is 11.2. The quantitative estimate of drug-likeness (QED) is 0.648. The second kappa shape index (κ2) is 5.22. The van der Waals surface area contributed by atoms with Crippen LogP contribution in [-0.4, -0.2) is 18.5 Å². The van der Waals surface area contributed by atoms with Crippen molar-refractivity contribution in [3.05, 3.63) is 0 Å². The van der Waals surface area contributed by atoms with Gasteiger partial charge in [0.15, 0.2) is 0 Å². The average Bonchev–Trinajstić information content (AvgIpc) is 2.88. The lowest BCUT2D eigenvalue weighted by atomic mass is 10.1. The van der Waals surface area contributed by atoms with Crippen molar-refractivity contribution in [2.45, 2.75) is 45.1 Å². The lowest BCUT2D eigenvalue weighted by molar-refractivity contribution is -0.121. The smallest absolute Gasteiger partial charge is 0.221 e. The number of nitrogens with one attached hydrogen (secondary N) is 1. The summed E-state index contributed by atoms with van der Waals surface area (Å²) in [6.07, 6.45) is 5.19. The van der Waals surface area contributed by atoms with Crippen LogP contribution >= 0.6 is 0 Å². The molecule has 0 aliphatic heterocycles. The van der Waals surface area contributed by atoms with E-state index in [4.69, 9.17) is 5.73 Å². The predicted molar refractivity (Wildman–Crippen MR) is 53.2 cm³/mol. The Morgan fingerprint density at radius 1 is 1.62 bits per heavy atom. The Kier molecular flexibility index (Phi) is 4.22.